The molecule has 1 amide bonds. The molecular formula is C26H25FN4OS. The summed E-state index contributed by atoms with van der Waals surface area (Å²) in [5.41, 5.74) is 3.30. The molecule has 0 aliphatic carbocycles. The van der Waals surface area contributed by atoms with E-state index in [1.165, 1.54) is 29.6 Å². The molecule has 33 heavy (non-hydrogen) atoms. The van der Waals surface area contributed by atoms with Gasteiger partial charge in [-0.25, -0.2) is 9.37 Å². The molecule has 1 saturated heterocycles. The molecule has 1 fully saturated rings. The number of thioether (sulfide) groups is 1. The fourth-order valence-electron chi connectivity index (χ4n) is 4.21. The summed E-state index contributed by atoms with van der Waals surface area (Å²) in [7, 11) is 0. The van der Waals surface area contributed by atoms with Gasteiger partial charge in [-0.15, -0.1) is 0 Å². The number of nitrogens with zero attached hydrogens (tertiary/aromatic N) is 4. The zero-order chi connectivity index (χ0) is 22.6. The lowest BCUT2D eigenvalue weighted by Crippen LogP contribution is -2.49. The summed E-state index contributed by atoms with van der Waals surface area (Å²) in [6.07, 6.45) is 3.80. The van der Waals surface area contributed by atoms with Gasteiger partial charge in [0.1, 0.15) is 10.8 Å². The predicted octanol–water partition coefficient (Wildman–Crippen LogP) is 4.66. The van der Waals surface area contributed by atoms with E-state index in [-0.39, 0.29) is 11.7 Å². The van der Waals surface area contributed by atoms with E-state index >= 15 is 0 Å². The van der Waals surface area contributed by atoms with Gasteiger partial charge in [-0.2, -0.15) is 0 Å². The second kappa shape index (κ2) is 9.67. The molecule has 0 bridgehead atoms. The van der Waals surface area contributed by atoms with Gasteiger partial charge in [-0.1, -0.05) is 42.1 Å². The lowest BCUT2D eigenvalue weighted by molar-refractivity contribution is -0.128. The molecule has 4 aromatic rings. The van der Waals surface area contributed by atoms with Gasteiger partial charge in [0, 0.05) is 56.2 Å². The standard InChI is InChI=1S/C26H25FN4OS/c27-21-8-6-20(7-9-21)18-31-13-11-23-24(31)10-12-28-26(23)33-19-25(32)30-16-14-29(15-17-30)22-4-2-1-3-5-22/h1-13H,14-19H2. The Morgan fingerprint density at radius 1 is 0.939 bits per heavy atom. The van der Waals surface area contributed by atoms with Crippen LogP contribution in [0, 0.1) is 5.82 Å². The van der Waals surface area contributed by atoms with Crippen molar-refractivity contribution in [1.82, 2.24) is 14.5 Å². The SMILES string of the molecule is O=C(CSc1nccc2c1ccn2Cc1ccc(F)cc1)N1CCN(c2ccccc2)CC1. The molecule has 0 N–H and O–H groups in total. The van der Waals surface area contributed by atoms with Crippen molar-refractivity contribution in [3.05, 3.63) is 90.5 Å². The van der Waals surface area contributed by atoms with E-state index in [1.807, 2.05) is 41.4 Å². The molecule has 7 heteroatoms. The van der Waals surface area contributed by atoms with E-state index in [4.69, 9.17) is 0 Å². The van der Waals surface area contributed by atoms with Crippen LogP contribution in [0.3, 0.4) is 0 Å². The van der Waals surface area contributed by atoms with E-state index in [9.17, 15) is 9.18 Å². The molecule has 2 aromatic heterocycles. The van der Waals surface area contributed by atoms with Gasteiger partial charge in [0.25, 0.3) is 0 Å². The van der Waals surface area contributed by atoms with Crippen LogP contribution in [0.1, 0.15) is 5.56 Å². The third-order valence-electron chi connectivity index (χ3n) is 6.01. The minimum Gasteiger partial charge on any atom is -0.368 e. The first kappa shape index (κ1) is 21.5. The van der Waals surface area contributed by atoms with Crippen LogP contribution in [0.5, 0.6) is 0 Å². The lowest BCUT2D eigenvalue weighted by atomic mass is 10.2. The van der Waals surface area contributed by atoms with Crippen molar-refractivity contribution in [1.29, 1.82) is 0 Å². The summed E-state index contributed by atoms with van der Waals surface area (Å²) in [5.74, 6) is 0.294. The van der Waals surface area contributed by atoms with Crippen LogP contribution in [0.2, 0.25) is 0 Å². The number of aromatic nitrogens is 2. The number of carbonyl (C=O) groups is 1. The molecule has 168 valence electrons. The molecule has 0 radical (unpaired) electrons. The zero-order valence-corrected chi connectivity index (χ0v) is 19.0. The molecule has 3 heterocycles. The Hall–Kier alpha value is -3.32. The first-order valence-electron chi connectivity index (χ1n) is 11.1. The fraction of sp³-hybridized carbons (Fsp3) is 0.231. The van der Waals surface area contributed by atoms with Crippen LogP contribution in [0.15, 0.2) is 84.1 Å². The Kier molecular flexibility index (Phi) is 6.30. The highest BCUT2D eigenvalue weighted by Gasteiger charge is 2.21. The van der Waals surface area contributed by atoms with Gasteiger partial charge < -0.3 is 14.4 Å². The Morgan fingerprint density at radius 3 is 2.45 bits per heavy atom. The molecule has 2 aromatic carbocycles. The number of pyridine rings is 1. The normalized spacial score (nSPS) is 14.1. The quantitative estimate of drug-likeness (QED) is 0.393. The summed E-state index contributed by atoms with van der Waals surface area (Å²) >= 11 is 1.49. The third kappa shape index (κ3) is 4.88. The van der Waals surface area contributed by atoms with Gasteiger partial charge in [-0.3, -0.25) is 4.79 Å². The van der Waals surface area contributed by atoms with E-state index in [2.05, 4.69) is 26.6 Å². The molecule has 5 rings (SSSR count). The highest BCUT2D eigenvalue weighted by atomic mass is 32.2. The van der Waals surface area contributed by atoms with Crippen LogP contribution >= 0.6 is 11.8 Å². The van der Waals surface area contributed by atoms with Crippen LogP contribution in [0.25, 0.3) is 10.9 Å². The smallest absolute Gasteiger partial charge is 0.233 e. The van der Waals surface area contributed by atoms with E-state index in [1.54, 1.807) is 18.3 Å². The summed E-state index contributed by atoms with van der Waals surface area (Å²) in [4.78, 5) is 21.6. The third-order valence-corrected chi connectivity index (χ3v) is 7.00. The molecule has 0 unspecified atom stereocenters. The number of carbonyl (C=O) groups excluding carboxylic acids is 1. The van der Waals surface area contributed by atoms with Crippen LogP contribution < -0.4 is 4.90 Å². The number of hydrogen-bond acceptors (Lipinski definition) is 4. The van der Waals surface area contributed by atoms with Crippen LogP contribution in [-0.2, 0) is 11.3 Å². The number of hydrogen-bond donors (Lipinski definition) is 0. The topological polar surface area (TPSA) is 41.4 Å². The van der Waals surface area contributed by atoms with Gasteiger partial charge in [0.2, 0.25) is 5.91 Å². The zero-order valence-electron chi connectivity index (χ0n) is 18.2. The number of rotatable bonds is 6. The molecule has 1 aliphatic heterocycles. The monoisotopic (exact) mass is 460 g/mol. The van der Waals surface area contributed by atoms with Gasteiger partial charge in [-0.05, 0) is 42.0 Å². The van der Waals surface area contributed by atoms with Crippen molar-refractivity contribution >= 4 is 34.3 Å². The van der Waals surface area contributed by atoms with Crippen molar-refractivity contribution in [2.75, 3.05) is 36.8 Å². The minimum atomic E-state index is -0.231. The number of fused-ring (bicyclic) bond motifs is 1. The fourth-order valence-corrected chi connectivity index (χ4v) is 5.12. The van der Waals surface area contributed by atoms with Gasteiger partial charge >= 0.3 is 0 Å². The van der Waals surface area contributed by atoms with Crippen molar-refractivity contribution in [3.63, 3.8) is 0 Å². The number of halogens is 1. The minimum absolute atomic E-state index is 0.150. The summed E-state index contributed by atoms with van der Waals surface area (Å²) in [6.45, 7) is 3.82. The average Bonchev–Trinajstić information content (AvgIpc) is 3.28. The number of piperazine rings is 1. The van der Waals surface area contributed by atoms with Gasteiger partial charge in [0.05, 0.1) is 11.3 Å². The largest absolute Gasteiger partial charge is 0.368 e. The Bertz CT molecular complexity index is 1230. The maximum Gasteiger partial charge on any atom is 0.233 e. The lowest BCUT2D eigenvalue weighted by Gasteiger charge is -2.36. The van der Waals surface area contributed by atoms with Crippen molar-refractivity contribution in [2.24, 2.45) is 0 Å². The predicted molar refractivity (Wildman–Crippen MR) is 131 cm³/mol. The molecule has 1 aliphatic rings. The highest BCUT2D eigenvalue weighted by Crippen LogP contribution is 2.27. The van der Waals surface area contributed by atoms with Gasteiger partial charge in [0.15, 0.2) is 0 Å². The Morgan fingerprint density at radius 2 is 1.70 bits per heavy atom. The van der Waals surface area contributed by atoms with Crippen molar-refractivity contribution in [2.45, 2.75) is 11.6 Å². The molecular weight excluding hydrogens is 435 g/mol. The molecule has 0 spiro atoms. The van der Waals surface area contributed by atoms with Crippen molar-refractivity contribution in [3.8, 4) is 0 Å². The molecule has 0 saturated carbocycles. The summed E-state index contributed by atoms with van der Waals surface area (Å²) in [5, 5.41) is 1.90. The highest BCUT2D eigenvalue weighted by molar-refractivity contribution is 8.00. The van der Waals surface area contributed by atoms with Crippen LogP contribution in [0.4, 0.5) is 10.1 Å². The first-order chi connectivity index (χ1) is 16.2. The number of benzene rings is 2. The Balaban J connectivity index is 1.20. The number of amides is 1. The van der Waals surface area contributed by atoms with Crippen LogP contribution in [-0.4, -0.2) is 52.3 Å². The summed E-state index contributed by atoms with van der Waals surface area (Å²) in [6, 6.07) is 20.9. The number of anilines is 1. The van der Waals surface area contributed by atoms with E-state index in [0.29, 0.717) is 12.3 Å². The maximum absolute atomic E-state index is 13.2. The second-order valence-corrected chi connectivity index (χ2v) is 9.08. The summed E-state index contributed by atoms with van der Waals surface area (Å²) < 4.78 is 15.3. The number of para-hydroxylation sites is 1. The van der Waals surface area contributed by atoms with E-state index in [0.717, 1.165) is 47.7 Å². The second-order valence-electron chi connectivity index (χ2n) is 8.11. The van der Waals surface area contributed by atoms with E-state index < -0.39 is 0 Å². The first-order valence-corrected chi connectivity index (χ1v) is 12.0. The Labute approximate surface area is 196 Å². The molecule has 0 atom stereocenters. The maximum atomic E-state index is 13.2. The van der Waals surface area contributed by atoms with Crippen molar-refractivity contribution < 1.29 is 9.18 Å². The average molecular weight is 461 g/mol. The molecule has 5 nitrogen and oxygen atoms in total.